The van der Waals surface area contributed by atoms with Gasteiger partial charge in [-0.2, -0.15) is 0 Å². The Morgan fingerprint density at radius 2 is 1.81 bits per heavy atom. The number of anilines is 1. The summed E-state index contributed by atoms with van der Waals surface area (Å²) in [6, 6.07) is 12.0. The number of hydrogen-bond donors (Lipinski definition) is 0. The van der Waals surface area contributed by atoms with Crippen LogP contribution in [0, 0.1) is 6.92 Å². The fraction of sp³-hybridized carbons (Fsp3) is 0.348. The Hall–Kier alpha value is -2.61. The molecule has 0 radical (unpaired) electrons. The van der Waals surface area contributed by atoms with Gasteiger partial charge in [0.15, 0.2) is 0 Å². The highest BCUT2D eigenvalue weighted by atomic mass is 35.5. The van der Waals surface area contributed by atoms with Gasteiger partial charge < -0.3 is 14.5 Å². The van der Waals surface area contributed by atoms with Gasteiger partial charge in [-0.05, 0) is 43.2 Å². The lowest BCUT2D eigenvalue weighted by atomic mass is 10.2. The van der Waals surface area contributed by atoms with Crippen LogP contribution in [0.15, 0.2) is 42.5 Å². The highest BCUT2D eigenvalue weighted by molar-refractivity contribution is 6.33. The third kappa shape index (κ3) is 5.41. The molecule has 0 spiro atoms. The molecule has 3 rings (SSSR count). The summed E-state index contributed by atoms with van der Waals surface area (Å²) >= 11 is 12.4. The van der Waals surface area contributed by atoms with Gasteiger partial charge in [0.1, 0.15) is 19.8 Å². The van der Waals surface area contributed by atoms with Crippen molar-refractivity contribution < 1.29 is 19.1 Å². The summed E-state index contributed by atoms with van der Waals surface area (Å²) in [6.45, 7) is 2.48. The number of methoxy groups -OCH3 is 1. The second kappa shape index (κ2) is 10.8. The quantitative estimate of drug-likeness (QED) is 0.544. The van der Waals surface area contributed by atoms with Crippen molar-refractivity contribution in [2.75, 3.05) is 44.9 Å². The number of benzene rings is 2. The molecule has 0 aliphatic carbocycles. The number of hydrogen-bond acceptors (Lipinski definition) is 4. The Labute approximate surface area is 197 Å². The van der Waals surface area contributed by atoms with Crippen LogP contribution >= 0.6 is 23.2 Å². The molecule has 1 heterocycles. The molecule has 1 fully saturated rings. The number of rotatable bonds is 8. The zero-order chi connectivity index (χ0) is 23.3. The number of carbonyl (C=O) groups is 3. The van der Waals surface area contributed by atoms with Crippen LogP contribution in [0.3, 0.4) is 0 Å². The van der Waals surface area contributed by atoms with E-state index in [-0.39, 0.29) is 37.5 Å². The van der Waals surface area contributed by atoms with E-state index in [0.29, 0.717) is 40.9 Å². The molecule has 1 aliphatic rings. The number of carbonyl (C=O) groups excluding carboxylic acids is 3. The number of amides is 3. The summed E-state index contributed by atoms with van der Waals surface area (Å²) in [5.74, 6) is -0.862. The van der Waals surface area contributed by atoms with Crippen LogP contribution < -0.4 is 4.90 Å². The molecule has 0 aromatic heterocycles. The molecule has 2 aromatic rings. The molecular weight excluding hydrogens is 453 g/mol. The van der Waals surface area contributed by atoms with Crippen LogP contribution in [-0.4, -0.2) is 67.5 Å². The molecular formula is C23H25Cl2N3O4. The van der Waals surface area contributed by atoms with Crippen molar-refractivity contribution in [3.63, 3.8) is 0 Å². The monoisotopic (exact) mass is 477 g/mol. The fourth-order valence-electron chi connectivity index (χ4n) is 3.53. The largest absolute Gasteiger partial charge is 0.385 e. The Morgan fingerprint density at radius 3 is 2.53 bits per heavy atom. The summed E-state index contributed by atoms with van der Waals surface area (Å²) in [5.41, 5.74) is 1.77. The molecule has 0 saturated carbocycles. The first kappa shape index (κ1) is 24.0. The van der Waals surface area contributed by atoms with E-state index >= 15 is 0 Å². The fourth-order valence-corrected chi connectivity index (χ4v) is 3.92. The zero-order valence-corrected chi connectivity index (χ0v) is 19.5. The molecule has 170 valence electrons. The first-order valence-corrected chi connectivity index (χ1v) is 10.9. The van der Waals surface area contributed by atoms with Crippen molar-refractivity contribution >= 4 is 46.6 Å². The van der Waals surface area contributed by atoms with Gasteiger partial charge in [-0.1, -0.05) is 41.4 Å². The standard InChI is InChI=1S/C23H25Cl2N3O4/c1-16-18(24)9-5-10-20(16)28-15-27(14-22(28)30)21(29)13-26(11-6-12-32-2)23(31)17-7-3-4-8-19(17)25/h3-5,7-10H,6,11-15H2,1-2H3. The summed E-state index contributed by atoms with van der Waals surface area (Å²) < 4.78 is 5.08. The predicted octanol–water partition coefficient (Wildman–Crippen LogP) is 3.61. The van der Waals surface area contributed by atoms with Crippen molar-refractivity contribution in [1.29, 1.82) is 0 Å². The van der Waals surface area contributed by atoms with Gasteiger partial charge in [-0.25, -0.2) is 0 Å². The molecule has 32 heavy (non-hydrogen) atoms. The minimum absolute atomic E-state index is 0.0586. The topological polar surface area (TPSA) is 70.2 Å². The van der Waals surface area contributed by atoms with Gasteiger partial charge in [-0.3, -0.25) is 19.3 Å². The minimum atomic E-state index is -0.340. The van der Waals surface area contributed by atoms with Crippen LogP contribution in [-0.2, 0) is 14.3 Å². The summed E-state index contributed by atoms with van der Waals surface area (Å²) in [5, 5.41) is 0.871. The molecule has 1 aliphatic heterocycles. The van der Waals surface area contributed by atoms with Crippen LogP contribution in [0.5, 0.6) is 0 Å². The van der Waals surface area contributed by atoms with E-state index < -0.39 is 0 Å². The molecule has 0 N–H and O–H groups in total. The first-order chi connectivity index (χ1) is 15.3. The smallest absolute Gasteiger partial charge is 0.255 e. The number of ether oxygens (including phenoxy) is 1. The maximum atomic E-state index is 13.1. The van der Waals surface area contributed by atoms with Crippen LogP contribution in [0.4, 0.5) is 5.69 Å². The van der Waals surface area contributed by atoms with Crippen molar-refractivity contribution in [1.82, 2.24) is 9.80 Å². The highest BCUT2D eigenvalue weighted by Gasteiger charge is 2.34. The predicted molar refractivity (Wildman–Crippen MR) is 124 cm³/mol. The summed E-state index contributed by atoms with van der Waals surface area (Å²) in [6.07, 6.45) is 0.562. The van der Waals surface area contributed by atoms with Gasteiger partial charge in [-0.15, -0.1) is 0 Å². The summed E-state index contributed by atoms with van der Waals surface area (Å²) in [4.78, 5) is 43.2. The van der Waals surface area contributed by atoms with E-state index in [2.05, 4.69) is 0 Å². The molecule has 9 heteroatoms. The molecule has 7 nitrogen and oxygen atoms in total. The van der Waals surface area contributed by atoms with E-state index in [1.807, 2.05) is 6.92 Å². The van der Waals surface area contributed by atoms with Crippen molar-refractivity contribution in [3.8, 4) is 0 Å². The molecule has 3 amide bonds. The molecule has 1 saturated heterocycles. The third-order valence-electron chi connectivity index (χ3n) is 5.32. The third-order valence-corrected chi connectivity index (χ3v) is 6.06. The van der Waals surface area contributed by atoms with Crippen molar-refractivity contribution in [3.05, 3.63) is 63.6 Å². The zero-order valence-electron chi connectivity index (χ0n) is 18.0. The van der Waals surface area contributed by atoms with Crippen LogP contribution in [0.2, 0.25) is 10.0 Å². The first-order valence-electron chi connectivity index (χ1n) is 10.2. The lowest BCUT2D eigenvalue weighted by molar-refractivity contribution is -0.132. The molecule has 2 aromatic carbocycles. The van der Waals surface area contributed by atoms with E-state index in [9.17, 15) is 14.4 Å². The second-order valence-corrected chi connectivity index (χ2v) is 8.31. The van der Waals surface area contributed by atoms with E-state index in [1.54, 1.807) is 49.6 Å². The van der Waals surface area contributed by atoms with Gasteiger partial charge >= 0.3 is 0 Å². The maximum absolute atomic E-state index is 13.1. The van der Waals surface area contributed by atoms with Crippen molar-refractivity contribution in [2.45, 2.75) is 13.3 Å². The molecule has 0 unspecified atom stereocenters. The SMILES string of the molecule is COCCCN(CC(=O)N1CC(=O)N(c2cccc(Cl)c2C)C1)C(=O)c1ccccc1Cl. The Bertz CT molecular complexity index is 1010. The Morgan fingerprint density at radius 1 is 1.09 bits per heavy atom. The Balaban J connectivity index is 1.74. The van der Waals surface area contributed by atoms with Gasteiger partial charge in [0, 0.05) is 31.0 Å². The lowest BCUT2D eigenvalue weighted by Crippen LogP contribution is -2.43. The van der Waals surface area contributed by atoms with Crippen LogP contribution in [0.1, 0.15) is 22.3 Å². The van der Waals surface area contributed by atoms with E-state index in [1.165, 1.54) is 14.7 Å². The normalized spacial score (nSPS) is 13.6. The Kier molecular flexibility index (Phi) is 8.12. The maximum Gasteiger partial charge on any atom is 0.255 e. The van der Waals surface area contributed by atoms with Gasteiger partial charge in [0.25, 0.3) is 5.91 Å². The van der Waals surface area contributed by atoms with E-state index in [4.69, 9.17) is 27.9 Å². The van der Waals surface area contributed by atoms with Crippen LogP contribution in [0.25, 0.3) is 0 Å². The molecule has 0 bridgehead atoms. The highest BCUT2D eigenvalue weighted by Crippen LogP contribution is 2.28. The average Bonchev–Trinajstić information content (AvgIpc) is 3.16. The van der Waals surface area contributed by atoms with Gasteiger partial charge in [0.05, 0.1) is 10.6 Å². The minimum Gasteiger partial charge on any atom is -0.385 e. The second-order valence-electron chi connectivity index (χ2n) is 7.49. The lowest BCUT2D eigenvalue weighted by Gasteiger charge is -2.25. The summed E-state index contributed by atoms with van der Waals surface area (Å²) in [7, 11) is 1.58. The number of nitrogens with zero attached hydrogens (tertiary/aromatic N) is 3. The average molecular weight is 478 g/mol. The van der Waals surface area contributed by atoms with Crippen molar-refractivity contribution in [2.24, 2.45) is 0 Å². The number of halogens is 2. The van der Waals surface area contributed by atoms with E-state index in [0.717, 1.165) is 5.56 Å². The molecule has 0 atom stereocenters. The van der Waals surface area contributed by atoms with Gasteiger partial charge in [0.2, 0.25) is 11.8 Å².